The van der Waals surface area contributed by atoms with Crippen molar-refractivity contribution in [2.45, 2.75) is 44.7 Å². The molecule has 0 aliphatic heterocycles. The van der Waals surface area contributed by atoms with Crippen LogP contribution in [0.25, 0.3) is 11.1 Å². The van der Waals surface area contributed by atoms with E-state index < -0.39 is 30.1 Å². The Kier molecular flexibility index (Phi) is 8.65. The average Bonchev–Trinajstić information content (AvgIpc) is 3.13. The van der Waals surface area contributed by atoms with E-state index in [1.165, 1.54) is 7.11 Å². The fraction of sp³-hybridized carbons (Fsp3) is 0.423. The fourth-order valence-electron chi connectivity index (χ4n) is 4.21. The predicted molar refractivity (Wildman–Crippen MR) is 128 cm³/mol. The quantitative estimate of drug-likeness (QED) is 0.465. The summed E-state index contributed by atoms with van der Waals surface area (Å²) in [6.07, 6.45) is -0.687. The normalized spacial score (nSPS) is 14.1. The number of benzene rings is 2. The van der Waals surface area contributed by atoms with Crippen LogP contribution in [0, 0.1) is 5.92 Å². The first-order chi connectivity index (χ1) is 16.3. The van der Waals surface area contributed by atoms with Crippen molar-refractivity contribution in [3.8, 4) is 11.1 Å². The Hall–Kier alpha value is -3.39. The highest BCUT2D eigenvalue weighted by molar-refractivity contribution is 5.86. The number of alkyl carbamates (subject to hydrolysis) is 1. The number of methoxy groups -OCH3 is 1. The van der Waals surface area contributed by atoms with Crippen LogP contribution in [0.1, 0.15) is 43.7 Å². The van der Waals surface area contributed by atoms with Crippen molar-refractivity contribution in [1.29, 1.82) is 0 Å². The third-order valence-corrected chi connectivity index (χ3v) is 6.09. The second kappa shape index (κ2) is 11.7. The summed E-state index contributed by atoms with van der Waals surface area (Å²) in [6, 6.07) is 14.6. The van der Waals surface area contributed by atoms with Crippen molar-refractivity contribution in [3.63, 3.8) is 0 Å². The Labute approximate surface area is 199 Å². The second-order valence-electron chi connectivity index (χ2n) is 8.76. The highest BCUT2D eigenvalue weighted by Crippen LogP contribution is 2.44. The van der Waals surface area contributed by atoms with Gasteiger partial charge in [-0.05, 0) is 28.2 Å². The van der Waals surface area contributed by atoms with Gasteiger partial charge in [-0.3, -0.25) is 9.59 Å². The lowest BCUT2D eigenvalue weighted by Crippen LogP contribution is -2.51. The maximum Gasteiger partial charge on any atom is 0.407 e. The van der Waals surface area contributed by atoms with Crippen LogP contribution in [0.3, 0.4) is 0 Å². The van der Waals surface area contributed by atoms with E-state index in [9.17, 15) is 14.4 Å². The molecule has 2 amide bonds. The fourth-order valence-corrected chi connectivity index (χ4v) is 4.21. The van der Waals surface area contributed by atoms with Crippen LogP contribution in [0.15, 0.2) is 48.5 Å². The summed E-state index contributed by atoms with van der Waals surface area (Å²) in [7, 11) is 1.50. The summed E-state index contributed by atoms with van der Waals surface area (Å²) in [6.45, 7) is 4.03. The standard InChI is InChI=1S/C26H32N2O6/c1-16(2)23(14-24(29)30)27-25(31)22(12-13-33-3)28-26(32)34-15-21-19-10-6-4-8-17(19)18-9-5-7-11-20(18)21/h4-11,16,21-23H,12-15H2,1-3H3,(H,27,31)(H,28,32)(H,29,30)/t22?,23-/m0/s1. The zero-order valence-corrected chi connectivity index (χ0v) is 19.7. The largest absolute Gasteiger partial charge is 0.481 e. The molecule has 0 heterocycles. The number of carboxylic acids is 1. The van der Waals surface area contributed by atoms with Gasteiger partial charge in [0.05, 0.1) is 6.42 Å². The van der Waals surface area contributed by atoms with Crippen molar-refractivity contribution >= 4 is 18.0 Å². The Morgan fingerprint density at radius 3 is 2.09 bits per heavy atom. The maximum absolute atomic E-state index is 12.8. The molecule has 182 valence electrons. The molecule has 0 radical (unpaired) electrons. The number of amides is 2. The molecule has 8 nitrogen and oxygen atoms in total. The van der Waals surface area contributed by atoms with Gasteiger partial charge < -0.3 is 25.2 Å². The Morgan fingerprint density at radius 1 is 0.971 bits per heavy atom. The van der Waals surface area contributed by atoms with Gasteiger partial charge in [0.15, 0.2) is 0 Å². The van der Waals surface area contributed by atoms with E-state index in [-0.39, 0.29) is 37.9 Å². The number of ether oxygens (including phenoxy) is 2. The van der Waals surface area contributed by atoms with Gasteiger partial charge in [0.25, 0.3) is 0 Å². The van der Waals surface area contributed by atoms with Crippen LogP contribution in [-0.4, -0.2) is 55.5 Å². The molecule has 3 N–H and O–H groups in total. The number of carbonyl (C=O) groups is 3. The van der Waals surface area contributed by atoms with Crippen LogP contribution < -0.4 is 10.6 Å². The van der Waals surface area contributed by atoms with E-state index in [1.807, 2.05) is 50.2 Å². The Bertz CT molecular complexity index is 976. The number of rotatable bonds is 11. The topological polar surface area (TPSA) is 114 Å². The lowest BCUT2D eigenvalue weighted by molar-refractivity contribution is -0.138. The molecule has 8 heteroatoms. The van der Waals surface area contributed by atoms with Crippen molar-refractivity contribution in [3.05, 3.63) is 59.7 Å². The second-order valence-corrected chi connectivity index (χ2v) is 8.76. The number of carboxylic acid groups (broad SMARTS) is 1. The highest BCUT2D eigenvalue weighted by Gasteiger charge is 2.30. The van der Waals surface area contributed by atoms with Gasteiger partial charge in [-0.15, -0.1) is 0 Å². The van der Waals surface area contributed by atoms with Crippen LogP contribution in [-0.2, 0) is 19.1 Å². The number of fused-ring (bicyclic) bond motifs is 3. The van der Waals surface area contributed by atoms with E-state index in [4.69, 9.17) is 14.6 Å². The average molecular weight is 469 g/mol. The molecule has 2 atom stereocenters. The lowest BCUT2D eigenvalue weighted by Gasteiger charge is -2.25. The van der Waals surface area contributed by atoms with Gasteiger partial charge >= 0.3 is 12.1 Å². The molecular formula is C26H32N2O6. The van der Waals surface area contributed by atoms with E-state index >= 15 is 0 Å². The van der Waals surface area contributed by atoms with Crippen molar-refractivity contribution in [2.24, 2.45) is 5.92 Å². The van der Waals surface area contributed by atoms with Gasteiger partial charge in [-0.2, -0.15) is 0 Å². The molecule has 0 fully saturated rings. The van der Waals surface area contributed by atoms with Gasteiger partial charge in [0.1, 0.15) is 12.6 Å². The highest BCUT2D eigenvalue weighted by atomic mass is 16.5. The molecule has 3 rings (SSSR count). The first kappa shape index (κ1) is 25.2. The van der Waals surface area contributed by atoms with Crippen LogP contribution >= 0.6 is 0 Å². The monoisotopic (exact) mass is 468 g/mol. The third kappa shape index (κ3) is 6.14. The van der Waals surface area contributed by atoms with Crippen LogP contribution in [0.5, 0.6) is 0 Å². The molecule has 0 bridgehead atoms. The SMILES string of the molecule is COCCC(NC(=O)OCC1c2ccccc2-c2ccccc21)C(=O)N[C@@H](CC(=O)O)C(C)C. The van der Waals surface area contributed by atoms with Gasteiger partial charge in [0, 0.05) is 32.1 Å². The van der Waals surface area contributed by atoms with Crippen molar-refractivity contribution < 1.29 is 29.0 Å². The molecule has 1 aliphatic carbocycles. The minimum atomic E-state index is -1.00. The van der Waals surface area contributed by atoms with Crippen molar-refractivity contribution in [1.82, 2.24) is 10.6 Å². The number of nitrogens with one attached hydrogen (secondary N) is 2. The molecule has 1 unspecified atom stereocenters. The minimum Gasteiger partial charge on any atom is -0.481 e. The molecule has 2 aromatic rings. The maximum atomic E-state index is 12.8. The molecule has 0 aromatic heterocycles. The smallest absolute Gasteiger partial charge is 0.407 e. The first-order valence-electron chi connectivity index (χ1n) is 11.4. The summed E-state index contributed by atoms with van der Waals surface area (Å²) in [5.74, 6) is -1.65. The minimum absolute atomic E-state index is 0.0856. The van der Waals surface area contributed by atoms with Crippen LogP contribution in [0.2, 0.25) is 0 Å². The van der Waals surface area contributed by atoms with Crippen LogP contribution in [0.4, 0.5) is 4.79 Å². The molecule has 0 spiro atoms. The summed E-state index contributed by atoms with van der Waals surface area (Å²) in [4.78, 5) is 36.6. The number of carbonyl (C=O) groups excluding carboxylic acids is 2. The van der Waals surface area contributed by atoms with E-state index in [2.05, 4.69) is 22.8 Å². The van der Waals surface area contributed by atoms with E-state index in [1.54, 1.807) is 0 Å². The summed E-state index contributed by atoms with van der Waals surface area (Å²) < 4.78 is 10.6. The number of hydrogen-bond donors (Lipinski definition) is 3. The summed E-state index contributed by atoms with van der Waals surface area (Å²) >= 11 is 0. The molecule has 2 aromatic carbocycles. The third-order valence-electron chi connectivity index (χ3n) is 6.09. The zero-order chi connectivity index (χ0) is 24.7. The molecule has 0 saturated carbocycles. The van der Waals surface area contributed by atoms with Gasteiger partial charge in [-0.1, -0.05) is 62.4 Å². The Morgan fingerprint density at radius 2 is 1.56 bits per heavy atom. The summed E-state index contributed by atoms with van der Waals surface area (Å²) in [5, 5.41) is 14.5. The predicted octanol–water partition coefficient (Wildman–Crippen LogP) is 3.55. The molecule has 34 heavy (non-hydrogen) atoms. The molecule has 1 aliphatic rings. The lowest BCUT2D eigenvalue weighted by atomic mass is 9.98. The Balaban J connectivity index is 1.65. The summed E-state index contributed by atoms with van der Waals surface area (Å²) in [5.41, 5.74) is 4.45. The van der Waals surface area contributed by atoms with Gasteiger partial charge in [0.2, 0.25) is 5.91 Å². The first-order valence-corrected chi connectivity index (χ1v) is 11.4. The number of aliphatic carboxylic acids is 1. The van der Waals surface area contributed by atoms with E-state index in [0.29, 0.717) is 0 Å². The number of hydrogen-bond acceptors (Lipinski definition) is 5. The molecule has 0 saturated heterocycles. The zero-order valence-electron chi connectivity index (χ0n) is 19.7. The van der Waals surface area contributed by atoms with Crippen molar-refractivity contribution in [2.75, 3.05) is 20.3 Å². The molecular weight excluding hydrogens is 436 g/mol. The van der Waals surface area contributed by atoms with E-state index in [0.717, 1.165) is 22.3 Å². The van der Waals surface area contributed by atoms with Gasteiger partial charge in [-0.25, -0.2) is 4.79 Å².